The average molecular weight is 351 g/mol. The highest BCUT2D eigenvalue weighted by molar-refractivity contribution is 9.10. The molecule has 0 aliphatic heterocycles. The zero-order valence-corrected chi connectivity index (χ0v) is 12.9. The van der Waals surface area contributed by atoms with Crippen molar-refractivity contribution < 1.29 is 9.26 Å². The molecule has 0 unspecified atom stereocenters. The molecule has 0 saturated carbocycles. The first-order valence-electron chi connectivity index (χ1n) is 6.29. The average Bonchev–Trinajstić information content (AvgIpc) is 2.47. The Hall–Kier alpha value is -2.15. The van der Waals surface area contributed by atoms with Gasteiger partial charge in [-0.1, -0.05) is 27.2 Å². The molecule has 3 aromatic rings. The summed E-state index contributed by atoms with van der Waals surface area (Å²) in [6.45, 7) is 2.04. The van der Waals surface area contributed by atoms with E-state index in [1.54, 1.807) is 20.0 Å². The molecule has 7 heteroatoms. The molecular weight excluding hydrogens is 340 g/mol. The predicted octanol–water partition coefficient (Wildman–Crippen LogP) is 2.20. The highest BCUT2D eigenvalue weighted by Gasteiger charge is 2.18. The molecule has 0 radical (unpaired) electrons. The van der Waals surface area contributed by atoms with Crippen molar-refractivity contribution in [2.75, 3.05) is 6.61 Å². The van der Waals surface area contributed by atoms with Gasteiger partial charge in [-0.15, -0.1) is 0 Å². The minimum absolute atomic E-state index is 0.0209. The summed E-state index contributed by atoms with van der Waals surface area (Å²) < 4.78 is 12.4. The molecular formula is C14H11BrN2O4. The van der Waals surface area contributed by atoms with Crippen LogP contribution >= 0.6 is 15.9 Å². The Morgan fingerprint density at radius 2 is 2.14 bits per heavy atom. The van der Waals surface area contributed by atoms with Crippen molar-refractivity contribution in [2.45, 2.75) is 6.92 Å². The van der Waals surface area contributed by atoms with E-state index in [2.05, 4.69) is 25.6 Å². The number of hydrogen-bond acceptors (Lipinski definition) is 5. The van der Waals surface area contributed by atoms with E-state index in [4.69, 9.17) is 4.74 Å². The number of halogens is 1. The van der Waals surface area contributed by atoms with E-state index in [1.807, 2.05) is 12.1 Å². The number of aromatic nitrogens is 2. The fourth-order valence-corrected chi connectivity index (χ4v) is 2.67. The number of aryl methyl sites for hydroxylation is 1. The second-order valence-electron chi connectivity index (χ2n) is 4.48. The molecule has 0 saturated heterocycles. The predicted molar refractivity (Wildman–Crippen MR) is 81.9 cm³/mol. The molecule has 1 aromatic carbocycles. The van der Waals surface area contributed by atoms with Crippen molar-refractivity contribution in [3.8, 4) is 5.75 Å². The lowest BCUT2D eigenvalue weighted by molar-refractivity contribution is 0.299. The third-order valence-electron chi connectivity index (χ3n) is 3.26. The van der Waals surface area contributed by atoms with E-state index in [1.165, 1.54) is 4.57 Å². The van der Waals surface area contributed by atoms with Gasteiger partial charge in [-0.2, -0.15) is 0 Å². The molecule has 3 rings (SSSR count). The summed E-state index contributed by atoms with van der Waals surface area (Å²) in [4.78, 5) is 24.2. The van der Waals surface area contributed by atoms with Crippen LogP contribution in [0.25, 0.3) is 21.8 Å². The van der Waals surface area contributed by atoms with Gasteiger partial charge in [0, 0.05) is 16.9 Å². The minimum Gasteiger partial charge on any atom is -0.486 e. The molecule has 2 heterocycles. The van der Waals surface area contributed by atoms with Gasteiger partial charge in [0.15, 0.2) is 5.52 Å². The topological polar surface area (TPSA) is 74.3 Å². The number of hydrogen-bond donors (Lipinski definition) is 0. The molecule has 0 fully saturated rings. The van der Waals surface area contributed by atoms with Crippen LogP contribution in [0.2, 0.25) is 0 Å². The molecule has 0 aliphatic rings. The summed E-state index contributed by atoms with van der Waals surface area (Å²) in [5.74, 6) is 0.0209. The fraction of sp³-hybridized carbons (Fsp3) is 0.214. The van der Waals surface area contributed by atoms with Gasteiger partial charge in [0.05, 0.1) is 17.5 Å². The zero-order chi connectivity index (χ0) is 15.1. The molecule has 0 aliphatic carbocycles. The van der Waals surface area contributed by atoms with E-state index in [-0.39, 0.29) is 23.4 Å². The van der Waals surface area contributed by atoms with Crippen molar-refractivity contribution in [3.05, 3.63) is 43.4 Å². The Kier molecular flexibility index (Phi) is 3.29. The van der Waals surface area contributed by atoms with E-state index in [0.29, 0.717) is 16.3 Å². The first-order chi connectivity index (χ1) is 10.0. The largest absolute Gasteiger partial charge is 0.486 e. The van der Waals surface area contributed by atoms with Crippen LogP contribution in [-0.4, -0.2) is 16.3 Å². The number of ether oxygens (including phenoxy) is 1. The highest BCUT2D eigenvalue weighted by Crippen LogP contribution is 2.29. The Labute approximate surface area is 127 Å². The van der Waals surface area contributed by atoms with Crippen molar-refractivity contribution >= 4 is 37.7 Å². The summed E-state index contributed by atoms with van der Waals surface area (Å²) in [6.07, 6.45) is 0. The van der Waals surface area contributed by atoms with Gasteiger partial charge in [-0.25, -0.2) is 4.79 Å². The zero-order valence-electron chi connectivity index (χ0n) is 11.3. The number of fused-ring (bicyclic) bond motifs is 3. The summed E-state index contributed by atoms with van der Waals surface area (Å²) in [6, 6.07) is 5.45. The van der Waals surface area contributed by atoms with Crippen molar-refractivity contribution in [1.82, 2.24) is 9.72 Å². The monoisotopic (exact) mass is 350 g/mol. The second-order valence-corrected chi connectivity index (χ2v) is 5.40. The van der Waals surface area contributed by atoms with Crippen LogP contribution in [0.5, 0.6) is 5.75 Å². The molecule has 0 atom stereocenters. The fourth-order valence-electron chi connectivity index (χ4n) is 2.32. The number of pyridine rings is 1. The van der Waals surface area contributed by atoms with Gasteiger partial charge in [0.2, 0.25) is 5.75 Å². The smallest absolute Gasteiger partial charge is 0.400 e. The van der Waals surface area contributed by atoms with Crippen LogP contribution in [0.1, 0.15) is 6.92 Å². The number of rotatable bonds is 2. The van der Waals surface area contributed by atoms with E-state index in [0.717, 1.165) is 4.47 Å². The van der Waals surface area contributed by atoms with Crippen molar-refractivity contribution in [2.24, 2.45) is 7.05 Å². The van der Waals surface area contributed by atoms with E-state index >= 15 is 0 Å². The molecule has 0 spiro atoms. The molecule has 0 N–H and O–H groups in total. The third kappa shape index (κ3) is 2.04. The number of benzene rings is 1. The van der Waals surface area contributed by atoms with Crippen LogP contribution < -0.4 is 15.9 Å². The highest BCUT2D eigenvalue weighted by atomic mass is 79.9. The van der Waals surface area contributed by atoms with Crippen LogP contribution in [0, 0.1) is 0 Å². The van der Waals surface area contributed by atoms with Gasteiger partial charge in [-0.3, -0.25) is 4.79 Å². The van der Waals surface area contributed by atoms with E-state index in [9.17, 15) is 9.59 Å². The Bertz CT molecular complexity index is 975. The SMILES string of the molecule is CCOc1c(=O)onc2c(=O)n(C)c3cc(Br)ccc3c12. The van der Waals surface area contributed by atoms with Gasteiger partial charge in [0.25, 0.3) is 5.56 Å². The normalized spacial score (nSPS) is 11.2. The van der Waals surface area contributed by atoms with Crippen LogP contribution in [0.4, 0.5) is 0 Å². The summed E-state index contributed by atoms with van der Waals surface area (Å²) >= 11 is 3.38. The summed E-state index contributed by atoms with van der Waals surface area (Å²) in [5.41, 5.74) is -0.285. The van der Waals surface area contributed by atoms with E-state index < -0.39 is 5.63 Å². The minimum atomic E-state index is -0.693. The maximum absolute atomic E-state index is 12.4. The van der Waals surface area contributed by atoms with Gasteiger partial charge >= 0.3 is 5.63 Å². The maximum atomic E-state index is 12.4. The van der Waals surface area contributed by atoms with Gasteiger partial charge in [-0.05, 0) is 19.1 Å². The molecule has 0 bridgehead atoms. The Morgan fingerprint density at radius 3 is 2.86 bits per heavy atom. The lowest BCUT2D eigenvalue weighted by atomic mass is 10.1. The molecule has 2 aromatic heterocycles. The molecule has 0 amide bonds. The van der Waals surface area contributed by atoms with Crippen LogP contribution in [0.3, 0.4) is 0 Å². The van der Waals surface area contributed by atoms with Crippen LogP contribution in [-0.2, 0) is 7.05 Å². The van der Waals surface area contributed by atoms with Crippen molar-refractivity contribution in [3.63, 3.8) is 0 Å². The number of nitrogens with zero attached hydrogens (tertiary/aromatic N) is 2. The Balaban J connectivity index is 2.66. The van der Waals surface area contributed by atoms with Gasteiger partial charge in [0.1, 0.15) is 0 Å². The maximum Gasteiger partial charge on any atom is 0.400 e. The first-order valence-corrected chi connectivity index (χ1v) is 7.08. The molecule has 108 valence electrons. The molecule has 21 heavy (non-hydrogen) atoms. The van der Waals surface area contributed by atoms with Gasteiger partial charge < -0.3 is 13.8 Å². The second kappa shape index (κ2) is 5.00. The first kappa shape index (κ1) is 13.8. The third-order valence-corrected chi connectivity index (χ3v) is 3.75. The summed E-state index contributed by atoms with van der Waals surface area (Å²) in [7, 11) is 1.64. The summed E-state index contributed by atoms with van der Waals surface area (Å²) in [5, 5.41) is 4.74. The molecule has 6 nitrogen and oxygen atoms in total. The quantitative estimate of drug-likeness (QED) is 0.662. The lowest BCUT2D eigenvalue weighted by Crippen LogP contribution is -2.20. The van der Waals surface area contributed by atoms with Crippen LogP contribution in [0.15, 0.2) is 36.8 Å². The standard InChI is InChI=1S/C14H11BrN2O4/c1-3-20-12-10-8-5-4-7(15)6-9(8)17(2)13(18)11(10)16-21-14(12)19/h4-6H,3H2,1-2H3. The Morgan fingerprint density at radius 1 is 1.38 bits per heavy atom. The lowest BCUT2D eigenvalue weighted by Gasteiger charge is -2.10. The van der Waals surface area contributed by atoms with Crippen molar-refractivity contribution in [1.29, 1.82) is 0 Å².